The van der Waals surface area contributed by atoms with Crippen LogP contribution >= 0.6 is 12.4 Å². The summed E-state index contributed by atoms with van der Waals surface area (Å²) < 4.78 is 0. The second-order valence-corrected chi connectivity index (χ2v) is 1.00. The smallest absolute Gasteiger partial charge is 0.358 e. The van der Waals surface area contributed by atoms with E-state index in [1.54, 1.807) is 0 Å². The molecule has 2 heteroatoms. The van der Waals surface area contributed by atoms with Gasteiger partial charge in [-0.05, 0) is 0 Å². The van der Waals surface area contributed by atoms with Gasteiger partial charge >= 0.3 is 21.7 Å². The number of halogens is 1. The first-order valence-electron chi connectivity index (χ1n) is 1.72. The first-order valence-corrected chi connectivity index (χ1v) is 1.72. The Morgan fingerprint density at radius 3 is 2.12 bits per heavy atom. The first-order chi connectivity index (χ1) is 2.50. The van der Waals surface area contributed by atoms with Crippen LogP contribution in [0, 0.1) is 13.5 Å². The first kappa shape index (κ1) is 15.8. The maximum Gasteiger partial charge on any atom is 2.00 e. The summed E-state index contributed by atoms with van der Waals surface area (Å²) in [6.45, 7) is 0. The zero-order valence-corrected chi connectivity index (χ0v) is 7.23. The molecule has 8 heavy (non-hydrogen) atoms. The molecule has 1 rings (SSSR count). The monoisotopic (exact) mass is 164 g/mol. The Balaban J connectivity index is -0.0000000833. The van der Waals surface area contributed by atoms with Crippen LogP contribution in [0.25, 0.3) is 0 Å². The molecule has 0 fully saturated rings. The van der Waals surface area contributed by atoms with E-state index in [-0.39, 0.29) is 41.6 Å². The molecule has 0 aromatic rings. The standard InChI is InChI=1S/C5H5.CH3.ClH.Ti/c1-2-4-5-3-1;;;/h1-3H,4H2;1H3;1H;/q2*-1;;+2. The zero-order valence-electron chi connectivity index (χ0n) is 4.85. The van der Waals surface area contributed by atoms with E-state index in [1.165, 1.54) is 0 Å². The van der Waals surface area contributed by atoms with Crippen molar-refractivity contribution in [2.24, 2.45) is 0 Å². The van der Waals surface area contributed by atoms with E-state index in [2.05, 4.69) is 12.2 Å². The Bertz CT molecular complexity index is 66.6. The molecule has 0 spiro atoms. The van der Waals surface area contributed by atoms with Crippen LogP contribution < -0.4 is 0 Å². The van der Waals surface area contributed by atoms with Gasteiger partial charge in [-0.3, -0.25) is 6.08 Å². The van der Waals surface area contributed by atoms with Gasteiger partial charge in [-0.1, -0.05) is 0 Å². The van der Waals surface area contributed by atoms with Crippen molar-refractivity contribution in [3.8, 4) is 0 Å². The third-order valence-corrected chi connectivity index (χ3v) is 0.586. The largest absolute Gasteiger partial charge is 2.00 e. The number of hydrogen-bond donors (Lipinski definition) is 0. The summed E-state index contributed by atoms with van der Waals surface area (Å²) >= 11 is 0. The number of rotatable bonds is 0. The van der Waals surface area contributed by atoms with Crippen LogP contribution in [0.15, 0.2) is 18.2 Å². The maximum absolute atomic E-state index is 2.99. The average molecular weight is 164 g/mol. The Hall–Kier alpha value is 0.484. The van der Waals surface area contributed by atoms with Gasteiger partial charge in [0, 0.05) is 0 Å². The van der Waals surface area contributed by atoms with Crippen LogP contribution in [-0.4, -0.2) is 0 Å². The second-order valence-electron chi connectivity index (χ2n) is 1.00. The molecule has 0 aromatic heterocycles. The van der Waals surface area contributed by atoms with Gasteiger partial charge in [-0.25, -0.2) is 12.2 Å². The maximum atomic E-state index is 2.99. The molecule has 0 saturated carbocycles. The summed E-state index contributed by atoms with van der Waals surface area (Å²) in [5.74, 6) is 0. The molecule has 0 radical (unpaired) electrons. The van der Waals surface area contributed by atoms with E-state index in [9.17, 15) is 0 Å². The van der Waals surface area contributed by atoms with Crippen molar-refractivity contribution in [3.63, 3.8) is 0 Å². The van der Waals surface area contributed by atoms with Crippen molar-refractivity contribution in [3.05, 3.63) is 31.7 Å². The third kappa shape index (κ3) is 6.48. The minimum absolute atomic E-state index is 0. The summed E-state index contributed by atoms with van der Waals surface area (Å²) in [7, 11) is 0. The van der Waals surface area contributed by atoms with E-state index in [4.69, 9.17) is 0 Å². The molecule has 0 amide bonds. The van der Waals surface area contributed by atoms with Gasteiger partial charge in [-0.2, -0.15) is 6.08 Å². The zero-order chi connectivity index (χ0) is 3.54. The van der Waals surface area contributed by atoms with E-state index >= 15 is 0 Å². The van der Waals surface area contributed by atoms with Crippen molar-refractivity contribution >= 4 is 12.4 Å². The van der Waals surface area contributed by atoms with Crippen molar-refractivity contribution in [2.75, 3.05) is 0 Å². The van der Waals surface area contributed by atoms with Gasteiger partial charge in [0.05, 0.1) is 0 Å². The molecule has 0 unspecified atom stereocenters. The summed E-state index contributed by atoms with van der Waals surface area (Å²) in [6, 6.07) is 0. The Morgan fingerprint density at radius 2 is 2.00 bits per heavy atom. The molecular formula is C6H9ClTi. The number of allylic oxidation sites excluding steroid dienone is 4. The molecule has 0 atom stereocenters. The molecule has 44 valence electrons. The minimum Gasteiger partial charge on any atom is -0.358 e. The predicted octanol–water partition coefficient (Wildman–Crippen LogP) is 2.18. The molecule has 0 saturated heterocycles. The molecule has 1 aliphatic rings. The van der Waals surface area contributed by atoms with Crippen molar-refractivity contribution in [1.29, 1.82) is 0 Å². The van der Waals surface area contributed by atoms with Crippen LogP contribution in [-0.2, 0) is 21.7 Å². The van der Waals surface area contributed by atoms with Crippen LogP contribution in [0.5, 0.6) is 0 Å². The van der Waals surface area contributed by atoms with E-state index in [0.29, 0.717) is 0 Å². The molecule has 0 N–H and O–H groups in total. The van der Waals surface area contributed by atoms with Gasteiger partial charge in [0.1, 0.15) is 0 Å². The summed E-state index contributed by atoms with van der Waals surface area (Å²) in [6.07, 6.45) is 10.0. The van der Waals surface area contributed by atoms with Gasteiger partial charge in [0.25, 0.3) is 0 Å². The molecule has 0 nitrogen and oxygen atoms in total. The Labute approximate surface area is 72.3 Å². The Morgan fingerprint density at radius 1 is 1.38 bits per heavy atom. The fourth-order valence-electron chi connectivity index (χ4n) is 0.340. The van der Waals surface area contributed by atoms with Crippen molar-refractivity contribution in [1.82, 2.24) is 0 Å². The van der Waals surface area contributed by atoms with Gasteiger partial charge in [0.2, 0.25) is 0 Å². The molecular weight excluding hydrogens is 155 g/mol. The van der Waals surface area contributed by atoms with Gasteiger partial charge in [0.15, 0.2) is 0 Å². The van der Waals surface area contributed by atoms with E-state index in [0.717, 1.165) is 6.42 Å². The topological polar surface area (TPSA) is 0 Å². The fourth-order valence-corrected chi connectivity index (χ4v) is 0.340. The molecule has 0 aliphatic heterocycles. The molecule has 1 aliphatic carbocycles. The number of hydrogen-bond acceptors (Lipinski definition) is 0. The van der Waals surface area contributed by atoms with Crippen LogP contribution in [0.3, 0.4) is 0 Å². The predicted molar refractivity (Wildman–Crippen MR) is 35.2 cm³/mol. The van der Waals surface area contributed by atoms with E-state index < -0.39 is 0 Å². The second kappa shape index (κ2) is 10.5. The van der Waals surface area contributed by atoms with E-state index in [1.807, 2.05) is 12.2 Å². The average Bonchev–Trinajstić information content (AvgIpc) is 1.76. The van der Waals surface area contributed by atoms with Crippen LogP contribution in [0.1, 0.15) is 6.42 Å². The van der Waals surface area contributed by atoms with Crippen molar-refractivity contribution in [2.45, 2.75) is 6.42 Å². The SMILES string of the molecule is Cl.[C-]1=CC=CC1.[CH3-].[Ti+2]. The van der Waals surface area contributed by atoms with Crippen LogP contribution in [0.4, 0.5) is 0 Å². The molecule has 0 aromatic carbocycles. The summed E-state index contributed by atoms with van der Waals surface area (Å²) in [5, 5.41) is 0. The third-order valence-electron chi connectivity index (χ3n) is 0.586. The quantitative estimate of drug-likeness (QED) is 0.380. The van der Waals surface area contributed by atoms with Crippen molar-refractivity contribution < 1.29 is 21.7 Å². The minimum atomic E-state index is 0. The fraction of sp³-hybridized carbons (Fsp3) is 0.167. The van der Waals surface area contributed by atoms with Gasteiger partial charge < -0.3 is 7.43 Å². The Kier molecular flexibility index (Phi) is 20.7. The normalized spacial score (nSPS) is 11.0. The summed E-state index contributed by atoms with van der Waals surface area (Å²) in [4.78, 5) is 0. The molecule has 0 bridgehead atoms. The summed E-state index contributed by atoms with van der Waals surface area (Å²) in [5.41, 5.74) is 0. The molecule has 0 heterocycles. The van der Waals surface area contributed by atoms with Crippen LogP contribution in [0.2, 0.25) is 0 Å². The van der Waals surface area contributed by atoms with Gasteiger partial charge in [-0.15, -0.1) is 18.8 Å².